The zero-order valence-electron chi connectivity index (χ0n) is 32.0. The quantitative estimate of drug-likeness (QED) is 0.213. The molecule has 14 heteroatoms. The first-order valence-corrected chi connectivity index (χ1v) is 20.2. The SMILES string of the molecule is CN1CCC[C@@H]1c1cc2cnc(NC(=O)c3ccc(N4CCC(CCN5CCN(c6cccc7c6CN(C6CCC(=O)NC6=O)C7=O)CC5)CC4)nc3)cc2[nH]1. The maximum absolute atomic E-state index is 13.3. The molecule has 9 rings (SSSR count). The molecule has 0 spiro atoms. The van der Waals surface area contributed by atoms with Gasteiger partial charge in [0.1, 0.15) is 17.7 Å². The summed E-state index contributed by atoms with van der Waals surface area (Å²) < 4.78 is 0. The summed E-state index contributed by atoms with van der Waals surface area (Å²) in [7, 11) is 2.16. The van der Waals surface area contributed by atoms with Gasteiger partial charge in [-0.1, -0.05) is 6.07 Å². The molecule has 5 aliphatic rings. The Morgan fingerprint density at radius 1 is 0.875 bits per heavy atom. The van der Waals surface area contributed by atoms with Crippen LogP contribution in [0.4, 0.5) is 17.3 Å². The van der Waals surface area contributed by atoms with Crippen molar-refractivity contribution in [1.29, 1.82) is 0 Å². The molecule has 5 aliphatic heterocycles. The van der Waals surface area contributed by atoms with E-state index in [2.05, 4.69) is 64.4 Å². The minimum absolute atomic E-state index is 0.128. The van der Waals surface area contributed by atoms with Gasteiger partial charge in [-0.05, 0) is 94.9 Å². The molecule has 1 unspecified atom stereocenters. The first kappa shape index (κ1) is 36.3. The number of nitrogens with zero attached hydrogens (tertiary/aromatic N) is 7. The van der Waals surface area contributed by atoms with Gasteiger partial charge in [0.25, 0.3) is 11.8 Å². The molecule has 4 aromatic rings. The number of anilines is 3. The first-order chi connectivity index (χ1) is 27.3. The van der Waals surface area contributed by atoms with Crippen molar-refractivity contribution in [3.8, 4) is 0 Å². The summed E-state index contributed by atoms with van der Waals surface area (Å²) in [5, 5.41) is 6.38. The second-order valence-corrected chi connectivity index (χ2v) is 16.1. The first-order valence-electron chi connectivity index (χ1n) is 20.2. The number of benzene rings is 1. The summed E-state index contributed by atoms with van der Waals surface area (Å²) in [5.41, 5.74) is 5.40. The summed E-state index contributed by atoms with van der Waals surface area (Å²) in [5.74, 6) is 1.08. The average molecular weight is 759 g/mol. The lowest BCUT2D eigenvalue weighted by Gasteiger charge is -2.38. The summed E-state index contributed by atoms with van der Waals surface area (Å²) in [6, 6.07) is 13.5. The Morgan fingerprint density at radius 3 is 2.46 bits per heavy atom. The number of amides is 4. The highest BCUT2D eigenvalue weighted by atomic mass is 16.2. The number of piperazine rings is 1. The van der Waals surface area contributed by atoms with Crippen molar-refractivity contribution in [3.05, 3.63) is 77.2 Å². The van der Waals surface area contributed by atoms with Crippen LogP contribution in [-0.2, 0) is 16.1 Å². The Hall–Kier alpha value is -5.34. The van der Waals surface area contributed by atoms with Gasteiger partial charge in [-0.25, -0.2) is 9.97 Å². The van der Waals surface area contributed by atoms with Crippen LogP contribution in [0.15, 0.2) is 54.9 Å². The van der Waals surface area contributed by atoms with Crippen molar-refractivity contribution >= 4 is 51.9 Å². The summed E-state index contributed by atoms with van der Waals surface area (Å²) in [6.07, 6.45) is 9.83. The number of pyridine rings is 2. The van der Waals surface area contributed by atoms with Gasteiger partial charge < -0.3 is 25.0 Å². The molecule has 56 heavy (non-hydrogen) atoms. The molecular formula is C42H50N10O4. The standard InChI is InChI=1S/C42H50N10O4/c1-48-14-3-6-35(48)33-22-29-25-43-37(23-32(29)45-33)46-40(54)28-7-9-38(44-24-28)51-16-12-27(13-17-51)11-15-49-18-20-50(21-19-49)34-5-2-4-30-31(34)26-52(42(30)56)36-8-10-39(53)47-41(36)55/h2,4-5,7,9,22-25,27,35-36,45H,3,6,8,10-21,26H2,1H3,(H,43,46,54)(H,47,53,55)/t35-,36?/m1/s1. The number of nitrogens with one attached hydrogen (secondary N) is 3. The Morgan fingerprint density at radius 2 is 1.71 bits per heavy atom. The molecule has 4 fully saturated rings. The number of rotatable bonds is 9. The third-order valence-corrected chi connectivity index (χ3v) is 12.7. The van der Waals surface area contributed by atoms with E-state index in [4.69, 9.17) is 0 Å². The van der Waals surface area contributed by atoms with Crippen molar-refractivity contribution in [3.63, 3.8) is 0 Å². The number of hydrogen-bond donors (Lipinski definition) is 3. The van der Waals surface area contributed by atoms with Crippen LogP contribution >= 0.6 is 0 Å². The fourth-order valence-electron chi connectivity index (χ4n) is 9.39. The number of carbonyl (C=O) groups is 4. The molecule has 1 aromatic carbocycles. The second kappa shape index (κ2) is 15.3. The molecule has 0 radical (unpaired) electrons. The van der Waals surface area contributed by atoms with Crippen LogP contribution in [0.3, 0.4) is 0 Å². The van der Waals surface area contributed by atoms with Gasteiger partial charge in [0, 0.05) is 105 Å². The van der Waals surface area contributed by atoms with E-state index in [1.54, 1.807) is 11.1 Å². The zero-order chi connectivity index (χ0) is 38.3. The number of hydrogen-bond acceptors (Lipinski definition) is 10. The molecular weight excluding hydrogens is 709 g/mol. The highest BCUT2D eigenvalue weighted by molar-refractivity contribution is 6.06. The maximum atomic E-state index is 13.3. The Balaban J connectivity index is 0.721. The Bertz CT molecular complexity index is 2140. The van der Waals surface area contributed by atoms with E-state index in [1.807, 2.05) is 36.5 Å². The third-order valence-electron chi connectivity index (χ3n) is 12.7. The zero-order valence-corrected chi connectivity index (χ0v) is 32.0. The molecule has 3 N–H and O–H groups in total. The molecule has 4 saturated heterocycles. The number of fused-ring (bicyclic) bond motifs is 2. The molecule has 2 atom stereocenters. The number of H-pyrrole nitrogens is 1. The van der Waals surface area contributed by atoms with E-state index >= 15 is 0 Å². The number of carbonyl (C=O) groups excluding carboxylic acids is 4. The van der Waals surface area contributed by atoms with Gasteiger partial charge in [0.05, 0.1) is 11.1 Å². The number of aromatic nitrogens is 3. The predicted molar refractivity (Wildman–Crippen MR) is 214 cm³/mol. The van der Waals surface area contributed by atoms with Crippen LogP contribution in [-0.4, -0.2) is 119 Å². The van der Waals surface area contributed by atoms with Crippen molar-refractivity contribution in [2.45, 2.75) is 63.6 Å². The minimum Gasteiger partial charge on any atom is -0.369 e. The second-order valence-electron chi connectivity index (χ2n) is 16.1. The lowest BCUT2D eigenvalue weighted by atomic mass is 9.93. The highest BCUT2D eigenvalue weighted by Gasteiger charge is 2.40. The minimum atomic E-state index is -0.604. The van der Waals surface area contributed by atoms with Gasteiger partial charge in [-0.15, -0.1) is 0 Å². The summed E-state index contributed by atoms with van der Waals surface area (Å²) >= 11 is 0. The molecule has 0 saturated carbocycles. The average Bonchev–Trinajstić information content (AvgIpc) is 3.94. The topological polar surface area (TPSA) is 150 Å². The van der Waals surface area contributed by atoms with Crippen molar-refractivity contribution in [2.24, 2.45) is 5.92 Å². The van der Waals surface area contributed by atoms with Crippen LogP contribution < -0.4 is 20.4 Å². The van der Waals surface area contributed by atoms with Crippen LogP contribution in [0.2, 0.25) is 0 Å². The maximum Gasteiger partial charge on any atom is 0.258 e. The van der Waals surface area contributed by atoms with E-state index in [9.17, 15) is 19.2 Å². The van der Waals surface area contributed by atoms with Gasteiger partial charge in [0.15, 0.2) is 0 Å². The molecule has 0 bridgehead atoms. The van der Waals surface area contributed by atoms with Crippen LogP contribution in [0.25, 0.3) is 10.9 Å². The van der Waals surface area contributed by atoms with Crippen molar-refractivity contribution < 1.29 is 19.2 Å². The van der Waals surface area contributed by atoms with Gasteiger partial charge >= 0.3 is 0 Å². The van der Waals surface area contributed by atoms with Crippen molar-refractivity contribution in [1.82, 2.24) is 35.0 Å². The molecule has 4 amide bonds. The highest BCUT2D eigenvalue weighted by Crippen LogP contribution is 2.35. The fourth-order valence-corrected chi connectivity index (χ4v) is 9.39. The Kier molecular flexibility index (Phi) is 9.92. The number of likely N-dealkylation sites (tertiary alicyclic amines) is 1. The monoisotopic (exact) mass is 758 g/mol. The van der Waals surface area contributed by atoms with Gasteiger partial charge in [-0.2, -0.15) is 0 Å². The number of imide groups is 1. The third kappa shape index (κ3) is 7.23. The fraction of sp³-hybridized carbons (Fsp3) is 0.476. The van der Waals surface area contributed by atoms with Crippen LogP contribution in [0, 0.1) is 5.92 Å². The normalized spacial score (nSPS) is 22.6. The molecule has 8 heterocycles. The lowest BCUT2D eigenvalue weighted by Crippen LogP contribution is -2.52. The van der Waals surface area contributed by atoms with Crippen LogP contribution in [0.1, 0.15) is 83.0 Å². The summed E-state index contributed by atoms with van der Waals surface area (Å²) in [6.45, 7) is 8.17. The van der Waals surface area contributed by atoms with E-state index in [0.717, 1.165) is 106 Å². The van der Waals surface area contributed by atoms with Crippen LogP contribution in [0.5, 0.6) is 0 Å². The molecule has 0 aliphatic carbocycles. The molecule has 14 nitrogen and oxygen atoms in total. The van der Waals surface area contributed by atoms with E-state index < -0.39 is 6.04 Å². The Labute approximate surface area is 326 Å². The molecule has 3 aromatic heterocycles. The predicted octanol–water partition coefficient (Wildman–Crippen LogP) is 4.17. The number of piperidine rings is 2. The van der Waals surface area contributed by atoms with E-state index in [-0.39, 0.29) is 30.0 Å². The largest absolute Gasteiger partial charge is 0.369 e. The number of aromatic amines is 1. The van der Waals surface area contributed by atoms with E-state index in [1.165, 1.54) is 12.1 Å². The van der Waals surface area contributed by atoms with Crippen molar-refractivity contribution in [2.75, 3.05) is 74.5 Å². The molecule has 292 valence electrons. The van der Waals surface area contributed by atoms with Gasteiger partial charge in [0.2, 0.25) is 11.8 Å². The summed E-state index contributed by atoms with van der Waals surface area (Å²) in [4.78, 5) is 74.6. The van der Waals surface area contributed by atoms with E-state index in [0.29, 0.717) is 41.9 Å². The smallest absolute Gasteiger partial charge is 0.258 e. The van der Waals surface area contributed by atoms with Gasteiger partial charge in [-0.3, -0.25) is 34.3 Å². The lowest BCUT2D eigenvalue weighted by molar-refractivity contribution is -0.136.